The summed E-state index contributed by atoms with van der Waals surface area (Å²) < 4.78 is 0.124. The number of hydrogen-bond acceptors (Lipinski definition) is 3. The lowest BCUT2D eigenvalue weighted by Crippen LogP contribution is -2.36. The van der Waals surface area contributed by atoms with E-state index < -0.39 is 6.29 Å². The maximum Gasteiger partial charge on any atom is 0.178 e. The zero-order chi connectivity index (χ0) is 13.0. The van der Waals surface area contributed by atoms with Crippen LogP contribution in [0.2, 0.25) is 0 Å². The van der Waals surface area contributed by atoms with Crippen molar-refractivity contribution in [2.45, 2.75) is 56.0 Å². The van der Waals surface area contributed by atoms with E-state index in [1.807, 2.05) is 30.8 Å². The largest absolute Gasteiger partial charge is 0.364 e. The SMILES string of the molecule is Cc1c(C(O)O)ccc2c1C(C)(C)C(C)(C)S2. The summed E-state index contributed by atoms with van der Waals surface area (Å²) in [6, 6.07) is 3.83. The van der Waals surface area contributed by atoms with Gasteiger partial charge in [-0.05, 0) is 38.0 Å². The Labute approximate surface area is 107 Å². The van der Waals surface area contributed by atoms with E-state index in [9.17, 15) is 10.2 Å². The first-order valence-corrected chi connectivity index (χ1v) is 6.69. The molecule has 94 valence electrons. The van der Waals surface area contributed by atoms with Crippen molar-refractivity contribution >= 4 is 11.8 Å². The summed E-state index contributed by atoms with van der Waals surface area (Å²) in [7, 11) is 0. The molecule has 1 aromatic carbocycles. The molecule has 0 atom stereocenters. The van der Waals surface area contributed by atoms with Gasteiger partial charge in [-0.15, -0.1) is 11.8 Å². The summed E-state index contributed by atoms with van der Waals surface area (Å²) in [4.78, 5) is 1.27. The van der Waals surface area contributed by atoms with E-state index in [1.54, 1.807) is 0 Å². The van der Waals surface area contributed by atoms with Crippen LogP contribution in [0.5, 0.6) is 0 Å². The van der Waals surface area contributed by atoms with Crippen LogP contribution in [0.25, 0.3) is 0 Å². The van der Waals surface area contributed by atoms with Crippen molar-refractivity contribution < 1.29 is 10.2 Å². The fourth-order valence-corrected chi connectivity index (χ4v) is 4.10. The minimum Gasteiger partial charge on any atom is -0.364 e. The molecule has 17 heavy (non-hydrogen) atoms. The molecule has 0 radical (unpaired) electrons. The van der Waals surface area contributed by atoms with Crippen molar-refractivity contribution in [2.75, 3.05) is 0 Å². The molecule has 0 saturated heterocycles. The predicted octanol–water partition coefficient (Wildman–Crippen LogP) is 3.14. The molecule has 3 heteroatoms. The lowest BCUT2D eigenvalue weighted by Gasteiger charge is -2.35. The highest BCUT2D eigenvalue weighted by molar-refractivity contribution is 8.01. The molecule has 0 saturated carbocycles. The summed E-state index contributed by atoms with van der Waals surface area (Å²) in [5.41, 5.74) is 2.93. The molecule has 2 nitrogen and oxygen atoms in total. The van der Waals surface area contributed by atoms with Crippen LogP contribution in [0.3, 0.4) is 0 Å². The molecule has 1 aliphatic rings. The molecule has 1 aromatic rings. The van der Waals surface area contributed by atoms with Gasteiger partial charge in [-0.2, -0.15) is 0 Å². The van der Waals surface area contributed by atoms with Gasteiger partial charge in [0.15, 0.2) is 6.29 Å². The molecular weight excluding hydrogens is 232 g/mol. The third kappa shape index (κ3) is 1.72. The van der Waals surface area contributed by atoms with E-state index in [0.717, 1.165) is 5.56 Å². The molecule has 1 heterocycles. The van der Waals surface area contributed by atoms with E-state index in [-0.39, 0.29) is 10.2 Å². The molecule has 0 bridgehead atoms. The van der Waals surface area contributed by atoms with E-state index >= 15 is 0 Å². The number of hydrogen-bond donors (Lipinski definition) is 2. The highest BCUT2D eigenvalue weighted by atomic mass is 32.2. The lowest BCUT2D eigenvalue weighted by atomic mass is 9.72. The third-order valence-electron chi connectivity index (χ3n) is 4.24. The van der Waals surface area contributed by atoms with Crippen LogP contribution in [-0.4, -0.2) is 15.0 Å². The Bertz CT molecular complexity index is 462. The number of fused-ring (bicyclic) bond motifs is 1. The van der Waals surface area contributed by atoms with Gasteiger partial charge in [0.25, 0.3) is 0 Å². The first-order chi connectivity index (χ1) is 7.68. The molecule has 0 amide bonds. The van der Waals surface area contributed by atoms with Gasteiger partial charge in [-0.1, -0.05) is 19.9 Å². The van der Waals surface area contributed by atoms with Gasteiger partial charge in [0.05, 0.1) is 0 Å². The summed E-state index contributed by atoms with van der Waals surface area (Å²) in [6.07, 6.45) is -1.38. The van der Waals surface area contributed by atoms with Crippen LogP contribution in [0, 0.1) is 6.92 Å². The normalized spacial score (nSPS) is 20.7. The van der Waals surface area contributed by atoms with Gasteiger partial charge in [-0.3, -0.25) is 0 Å². The van der Waals surface area contributed by atoms with Crippen LogP contribution in [0.15, 0.2) is 17.0 Å². The van der Waals surface area contributed by atoms with Gasteiger partial charge in [0, 0.05) is 20.6 Å². The highest BCUT2D eigenvalue weighted by Crippen LogP contribution is 2.57. The quantitative estimate of drug-likeness (QED) is 0.754. The second-order valence-electron chi connectivity index (χ2n) is 5.76. The Balaban J connectivity index is 2.67. The monoisotopic (exact) mass is 252 g/mol. The maximum absolute atomic E-state index is 9.38. The van der Waals surface area contributed by atoms with Crippen LogP contribution in [0.4, 0.5) is 0 Å². The topological polar surface area (TPSA) is 40.5 Å². The number of rotatable bonds is 1. The zero-order valence-corrected chi connectivity index (χ0v) is 11.9. The number of aliphatic hydroxyl groups excluding tert-OH is 1. The fourth-order valence-electron chi connectivity index (χ4n) is 2.55. The average Bonchev–Trinajstić information content (AvgIpc) is 2.33. The first-order valence-electron chi connectivity index (χ1n) is 5.87. The Kier molecular flexibility index (Phi) is 2.85. The van der Waals surface area contributed by atoms with Crippen LogP contribution >= 0.6 is 11.8 Å². The van der Waals surface area contributed by atoms with Gasteiger partial charge in [-0.25, -0.2) is 0 Å². The predicted molar refractivity (Wildman–Crippen MR) is 71.3 cm³/mol. The Morgan fingerprint density at radius 2 is 1.71 bits per heavy atom. The smallest absolute Gasteiger partial charge is 0.178 e. The molecule has 0 aliphatic carbocycles. The number of thioether (sulfide) groups is 1. The minimum atomic E-state index is -1.38. The maximum atomic E-state index is 9.38. The van der Waals surface area contributed by atoms with E-state index in [4.69, 9.17) is 0 Å². The summed E-state index contributed by atoms with van der Waals surface area (Å²) in [5.74, 6) is 0. The molecule has 0 fully saturated rings. The second-order valence-corrected chi connectivity index (χ2v) is 7.43. The second kappa shape index (κ2) is 3.74. The Morgan fingerprint density at radius 3 is 2.24 bits per heavy atom. The van der Waals surface area contributed by atoms with Gasteiger partial charge in [0.2, 0.25) is 0 Å². The van der Waals surface area contributed by atoms with Crippen molar-refractivity contribution in [2.24, 2.45) is 0 Å². The van der Waals surface area contributed by atoms with Crippen molar-refractivity contribution in [3.8, 4) is 0 Å². The van der Waals surface area contributed by atoms with E-state index in [1.165, 1.54) is 10.5 Å². The van der Waals surface area contributed by atoms with Crippen molar-refractivity contribution in [3.63, 3.8) is 0 Å². The highest BCUT2D eigenvalue weighted by Gasteiger charge is 2.47. The zero-order valence-electron chi connectivity index (χ0n) is 11.0. The van der Waals surface area contributed by atoms with Gasteiger partial charge < -0.3 is 10.2 Å². The summed E-state index contributed by atoms with van der Waals surface area (Å²) in [6.45, 7) is 10.9. The molecule has 0 unspecified atom stereocenters. The minimum absolute atomic E-state index is 0.0297. The molecule has 1 aliphatic heterocycles. The summed E-state index contributed by atoms with van der Waals surface area (Å²) in [5, 5.41) is 18.8. The fraction of sp³-hybridized carbons (Fsp3) is 0.571. The molecule has 0 aromatic heterocycles. The lowest BCUT2D eigenvalue weighted by molar-refractivity contribution is -0.0430. The number of benzene rings is 1. The Morgan fingerprint density at radius 1 is 1.12 bits per heavy atom. The third-order valence-corrected chi connectivity index (χ3v) is 5.82. The van der Waals surface area contributed by atoms with Crippen LogP contribution in [-0.2, 0) is 5.41 Å². The van der Waals surface area contributed by atoms with Crippen molar-refractivity contribution in [3.05, 3.63) is 28.8 Å². The Hall–Kier alpha value is -0.510. The van der Waals surface area contributed by atoms with Gasteiger partial charge in [0.1, 0.15) is 0 Å². The van der Waals surface area contributed by atoms with Gasteiger partial charge >= 0.3 is 0 Å². The van der Waals surface area contributed by atoms with Crippen molar-refractivity contribution in [1.82, 2.24) is 0 Å². The van der Waals surface area contributed by atoms with E-state index in [0.29, 0.717) is 5.56 Å². The van der Waals surface area contributed by atoms with Crippen molar-refractivity contribution in [1.29, 1.82) is 0 Å². The standard InChI is InChI=1S/C14H20O2S/c1-8-9(12(15)16)6-7-10-11(8)13(2,3)14(4,5)17-10/h6-7,12,15-16H,1-5H3. The molecular formula is C14H20O2S. The van der Waals surface area contributed by atoms with Crippen LogP contribution < -0.4 is 0 Å². The number of aliphatic hydroxyl groups is 2. The summed E-state index contributed by atoms with van der Waals surface area (Å²) >= 11 is 1.87. The van der Waals surface area contributed by atoms with E-state index in [2.05, 4.69) is 27.7 Å². The van der Waals surface area contributed by atoms with Crippen LogP contribution in [0.1, 0.15) is 50.7 Å². The molecule has 2 N–H and O–H groups in total. The first kappa shape index (κ1) is 12.9. The average molecular weight is 252 g/mol. The molecule has 0 spiro atoms. The molecule has 2 rings (SSSR count).